The largest absolute Gasteiger partial charge is 0.329 e. The van der Waals surface area contributed by atoms with E-state index in [4.69, 9.17) is 5.73 Å². The van der Waals surface area contributed by atoms with Crippen molar-refractivity contribution in [3.05, 3.63) is 0 Å². The van der Waals surface area contributed by atoms with Gasteiger partial charge in [-0.05, 0) is 57.3 Å². The Morgan fingerprint density at radius 1 is 1.33 bits per heavy atom. The van der Waals surface area contributed by atoms with Gasteiger partial charge in [0.15, 0.2) is 0 Å². The smallest absolute Gasteiger partial charge is 0.0104 e. The van der Waals surface area contributed by atoms with Crippen molar-refractivity contribution < 1.29 is 0 Å². The number of likely N-dealkylation sites (N-methyl/N-ethyl adjacent to an activating group) is 1. The van der Waals surface area contributed by atoms with Gasteiger partial charge in [-0.15, -0.1) is 0 Å². The van der Waals surface area contributed by atoms with Crippen LogP contribution in [0.15, 0.2) is 0 Å². The molecule has 1 aliphatic rings. The van der Waals surface area contributed by atoms with E-state index in [9.17, 15) is 0 Å². The molecule has 0 spiro atoms. The zero-order valence-electron chi connectivity index (χ0n) is 12.7. The van der Waals surface area contributed by atoms with Gasteiger partial charge in [-0.3, -0.25) is 0 Å². The molecule has 108 valence electrons. The van der Waals surface area contributed by atoms with E-state index >= 15 is 0 Å². The highest BCUT2D eigenvalue weighted by atomic mass is 15.2. The summed E-state index contributed by atoms with van der Waals surface area (Å²) in [6.45, 7) is 15.0. The first-order chi connectivity index (χ1) is 8.67. The van der Waals surface area contributed by atoms with Crippen molar-refractivity contribution in [1.82, 2.24) is 9.80 Å². The Labute approximate surface area is 114 Å². The zero-order valence-corrected chi connectivity index (χ0v) is 12.7. The predicted molar refractivity (Wildman–Crippen MR) is 79.8 cm³/mol. The van der Waals surface area contributed by atoms with Gasteiger partial charge in [0, 0.05) is 19.6 Å². The van der Waals surface area contributed by atoms with Gasteiger partial charge in [-0.2, -0.15) is 0 Å². The minimum atomic E-state index is 0.785. The third-order valence-electron chi connectivity index (χ3n) is 4.33. The van der Waals surface area contributed by atoms with Crippen LogP contribution in [0.3, 0.4) is 0 Å². The van der Waals surface area contributed by atoms with Crippen molar-refractivity contribution in [2.24, 2.45) is 17.6 Å². The Morgan fingerprint density at radius 2 is 2.11 bits per heavy atom. The van der Waals surface area contributed by atoms with E-state index in [1.165, 1.54) is 45.4 Å². The monoisotopic (exact) mass is 255 g/mol. The van der Waals surface area contributed by atoms with E-state index in [1.807, 2.05) is 0 Å². The lowest BCUT2D eigenvalue weighted by molar-refractivity contribution is 0.138. The fourth-order valence-electron chi connectivity index (χ4n) is 2.97. The SMILES string of the molecule is CCN(CCN)CCCN1CCCC(C(C)C)C1. The lowest BCUT2D eigenvalue weighted by Crippen LogP contribution is -2.39. The minimum absolute atomic E-state index is 0.785. The van der Waals surface area contributed by atoms with E-state index in [0.29, 0.717) is 0 Å². The van der Waals surface area contributed by atoms with Crippen molar-refractivity contribution in [2.45, 2.75) is 40.0 Å². The van der Waals surface area contributed by atoms with E-state index in [0.717, 1.165) is 31.5 Å². The van der Waals surface area contributed by atoms with Crippen LogP contribution in [-0.4, -0.2) is 55.6 Å². The number of piperidine rings is 1. The Hall–Kier alpha value is -0.120. The molecule has 1 rings (SSSR count). The van der Waals surface area contributed by atoms with Gasteiger partial charge in [0.2, 0.25) is 0 Å². The number of hydrogen-bond donors (Lipinski definition) is 1. The second-order valence-corrected chi connectivity index (χ2v) is 6.02. The summed E-state index contributed by atoms with van der Waals surface area (Å²) in [6.07, 6.45) is 4.12. The van der Waals surface area contributed by atoms with Crippen molar-refractivity contribution in [1.29, 1.82) is 0 Å². The lowest BCUT2D eigenvalue weighted by atomic mass is 9.88. The first kappa shape index (κ1) is 15.9. The molecule has 0 aromatic carbocycles. The van der Waals surface area contributed by atoms with Gasteiger partial charge >= 0.3 is 0 Å². The van der Waals surface area contributed by atoms with Crippen molar-refractivity contribution in [2.75, 3.05) is 45.8 Å². The Morgan fingerprint density at radius 3 is 2.72 bits per heavy atom. The van der Waals surface area contributed by atoms with E-state index in [2.05, 4.69) is 30.6 Å². The topological polar surface area (TPSA) is 32.5 Å². The van der Waals surface area contributed by atoms with Gasteiger partial charge < -0.3 is 15.5 Å². The third kappa shape index (κ3) is 5.68. The molecule has 3 heteroatoms. The summed E-state index contributed by atoms with van der Waals surface area (Å²) in [5.41, 5.74) is 5.62. The molecule has 1 aliphatic heterocycles. The maximum atomic E-state index is 5.62. The molecular formula is C15H33N3. The maximum absolute atomic E-state index is 5.62. The molecule has 1 saturated heterocycles. The quantitative estimate of drug-likeness (QED) is 0.720. The standard InChI is InChI=1S/C15H33N3/c1-4-17(12-8-16)10-6-11-18-9-5-7-15(13-18)14(2)3/h14-15H,4-13,16H2,1-3H3. The van der Waals surface area contributed by atoms with Crippen LogP contribution < -0.4 is 5.73 Å². The van der Waals surface area contributed by atoms with Crippen LogP contribution in [0, 0.1) is 11.8 Å². The van der Waals surface area contributed by atoms with Crippen LogP contribution in [0.5, 0.6) is 0 Å². The highest BCUT2D eigenvalue weighted by Crippen LogP contribution is 2.23. The number of rotatable bonds is 8. The second kappa shape index (κ2) is 8.89. The van der Waals surface area contributed by atoms with Crippen LogP contribution in [0.1, 0.15) is 40.0 Å². The molecule has 18 heavy (non-hydrogen) atoms. The summed E-state index contributed by atoms with van der Waals surface area (Å²) in [5, 5.41) is 0. The summed E-state index contributed by atoms with van der Waals surface area (Å²) >= 11 is 0. The van der Waals surface area contributed by atoms with Gasteiger partial charge in [0.25, 0.3) is 0 Å². The molecule has 0 aliphatic carbocycles. The van der Waals surface area contributed by atoms with Crippen LogP contribution in [-0.2, 0) is 0 Å². The van der Waals surface area contributed by atoms with Gasteiger partial charge in [0.05, 0.1) is 0 Å². The second-order valence-electron chi connectivity index (χ2n) is 6.02. The van der Waals surface area contributed by atoms with Gasteiger partial charge in [0.1, 0.15) is 0 Å². The molecule has 1 heterocycles. The molecule has 1 fully saturated rings. The van der Waals surface area contributed by atoms with E-state index < -0.39 is 0 Å². The van der Waals surface area contributed by atoms with Crippen LogP contribution in [0.4, 0.5) is 0 Å². The van der Waals surface area contributed by atoms with Crippen molar-refractivity contribution in [3.63, 3.8) is 0 Å². The predicted octanol–water partition coefficient (Wildman–Crippen LogP) is 2.03. The molecule has 0 aromatic rings. The van der Waals surface area contributed by atoms with Gasteiger partial charge in [-0.1, -0.05) is 20.8 Å². The average molecular weight is 255 g/mol. The molecule has 3 nitrogen and oxygen atoms in total. The van der Waals surface area contributed by atoms with E-state index in [1.54, 1.807) is 0 Å². The van der Waals surface area contributed by atoms with Crippen LogP contribution in [0.25, 0.3) is 0 Å². The Bertz CT molecular complexity index is 206. The Kier molecular flexibility index (Phi) is 7.87. The highest BCUT2D eigenvalue weighted by molar-refractivity contribution is 4.75. The van der Waals surface area contributed by atoms with E-state index in [-0.39, 0.29) is 0 Å². The fraction of sp³-hybridized carbons (Fsp3) is 1.00. The molecule has 0 bridgehead atoms. The minimum Gasteiger partial charge on any atom is -0.329 e. The lowest BCUT2D eigenvalue weighted by Gasteiger charge is -2.35. The molecule has 0 radical (unpaired) electrons. The number of likely N-dealkylation sites (tertiary alicyclic amines) is 1. The number of hydrogen-bond acceptors (Lipinski definition) is 3. The molecule has 0 aromatic heterocycles. The van der Waals surface area contributed by atoms with Crippen LogP contribution >= 0.6 is 0 Å². The van der Waals surface area contributed by atoms with Gasteiger partial charge in [-0.25, -0.2) is 0 Å². The third-order valence-corrected chi connectivity index (χ3v) is 4.33. The summed E-state index contributed by atoms with van der Waals surface area (Å²) in [7, 11) is 0. The molecule has 2 N–H and O–H groups in total. The molecule has 0 saturated carbocycles. The zero-order chi connectivity index (χ0) is 13.4. The van der Waals surface area contributed by atoms with Crippen LogP contribution in [0.2, 0.25) is 0 Å². The average Bonchev–Trinajstić information content (AvgIpc) is 2.38. The summed E-state index contributed by atoms with van der Waals surface area (Å²) in [6, 6.07) is 0. The first-order valence-corrected chi connectivity index (χ1v) is 7.82. The highest BCUT2D eigenvalue weighted by Gasteiger charge is 2.21. The Balaban J connectivity index is 2.18. The summed E-state index contributed by atoms with van der Waals surface area (Å²) < 4.78 is 0. The molecule has 1 unspecified atom stereocenters. The molecular weight excluding hydrogens is 222 g/mol. The fourth-order valence-corrected chi connectivity index (χ4v) is 2.97. The summed E-state index contributed by atoms with van der Waals surface area (Å²) in [4.78, 5) is 5.13. The van der Waals surface area contributed by atoms with Crippen molar-refractivity contribution in [3.8, 4) is 0 Å². The molecule has 0 amide bonds. The molecule has 1 atom stereocenters. The summed E-state index contributed by atoms with van der Waals surface area (Å²) in [5.74, 6) is 1.77. The number of nitrogens with two attached hydrogens (primary N) is 1. The number of nitrogens with zero attached hydrogens (tertiary/aromatic N) is 2. The van der Waals surface area contributed by atoms with Crippen molar-refractivity contribution >= 4 is 0 Å². The normalized spacial score (nSPS) is 22.0. The first-order valence-electron chi connectivity index (χ1n) is 7.82. The maximum Gasteiger partial charge on any atom is 0.0104 e.